The summed E-state index contributed by atoms with van der Waals surface area (Å²) in [6.07, 6.45) is 8.44. The molecule has 0 saturated heterocycles. The number of hydrogen-bond acceptors (Lipinski definition) is 1. The van der Waals surface area contributed by atoms with Crippen LogP contribution in [0.15, 0.2) is 30.3 Å². The van der Waals surface area contributed by atoms with Crippen molar-refractivity contribution in [3.8, 4) is 0 Å². The van der Waals surface area contributed by atoms with Crippen LogP contribution < -0.4 is 5.32 Å². The summed E-state index contributed by atoms with van der Waals surface area (Å²) in [6, 6.07) is 11.9. The standard InChI is InChI=1S/C16H23N/c1-2-4-14(5-3-1)15-8-6-13(7-9-15)12-17-16-10-11-16/h1-5,13,15-17H,6-12H2. The van der Waals surface area contributed by atoms with Gasteiger partial charge in [-0.05, 0) is 62.5 Å². The van der Waals surface area contributed by atoms with Crippen LogP contribution in [-0.2, 0) is 0 Å². The molecule has 0 spiro atoms. The van der Waals surface area contributed by atoms with Gasteiger partial charge in [-0.25, -0.2) is 0 Å². The van der Waals surface area contributed by atoms with E-state index >= 15 is 0 Å². The first kappa shape index (κ1) is 11.3. The van der Waals surface area contributed by atoms with Crippen molar-refractivity contribution < 1.29 is 0 Å². The maximum Gasteiger partial charge on any atom is 0.00683 e. The number of nitrogens with one attached hydrogen (secondary N) is 1. The predicted octanol–water partition coefficient (Wildman–Crippen LogP) is 3.71. The van der Waals surface area contributed by atoms with Gasteiger partial charge in [0.25, 0.3) is 0 Å². The Morgan fingerprint density at radius 3 is 2.24 bits per heavy atom. The fourth-order valence-corrected chi connectivity index (χ4v) is 3.05. The Kier molecular flexibility index (Phi) is 3.46. The molecule has 0 heterocycles. The van der Waals surface area contributed by atoms with Gasteiger partial charge in [0.05, 0.1) is 0 Å². The molecule has 0 amide bonds. The molecular weight excluding hydrogens is 206 g/mol. The summed E-state index contributed by atoms with van der Waals surface area (Å²) in [6.45, 7) is 1.27. The van der Waals surface area contributed by atoms with Crippen LogP contribution in [0, 0.1) is 5.92 Å². The van der Waals surface area contributed by atoms with Crippen LogP contribution in [0.2, 0.25) is 0 Å². The molecule has 1 heteroatoms. The molecule has 0 radical (unpaired) electrons. The first-order valence-electron chi connectivity index (χ1n) is 7.20. The first-order chi connectivity index (χ1) is 8.42. The molecule has 3 rings (SSSR count). The third-order valence-corrected chi connectivity index (χ3v) is 4.39. The van der Waals surface area contributed by atoms with Gasteiger partial charge in [-0.15, -0.1) is 0 Å². The normalized spacial score (nSPS) is 29.2. The largest absolute Gasteiger partial charge is 0.314 e. The van der Waals surface area contributed by atoms with Gasteiger partial charge in [0.2, 0.25) is 0 Å². The highest BCUT2D eigenvalue weighted by Gasteiger charge is 2.25. The van der Waals surface area contributed by atoms with E-state index in [0.717, 1.165) is 17.9 Å². The van der Waals surface area contributed by atoms with Crippen LogP contribution in [-0.4, -0.2) is 12.6 Å². The lowest BCUT2D eigenvalue weighted by molar-refractivity contribution is 0.313. The lowest BCUT2D eigenvalue weighted by Gasteiger charge is -2.29. The molecule has 2 aliphatic carbocycles. The van der Waals surface area contributed by atoms with Gasteiger partial charge in [0, 0.05) is 6.04 Å². The van der Waals surface area contributed by atoms with Gasteiger partial charge in [-0.3, -0.25) is 0 Å². The van der Waals surface area contributed by atoms with E-state index in [1.807, 2.05) is 0 Å². The molecule has 1 aromatic carbocycles. The lowest BCUT2D eigenvalue weighted by Crippen LogP contribution is -2.27. The summed E-state index contributed by atoms with van der Waals surface area (Å²) >= 11 is 0. The van der Waals surface area contributed by atoms with Crippen molar-refractivity contribution in [2.24, 2.45) is 5.92 Å². The Labute approximate surface area is 105 Å². The van der Waals surface area contributed by atoms with E-state index in [4.69, 9.17) is 0 Å². The van der Waals surface area contributed by atoms with Crippen LogP contribution >= 0.6 is 0 Å². The Morgan fingerprint density at radius 2 is 1.59 bits per heavy atom. The smallest absolute Gasteiger partial charge is 0.00683 e. The summed E-state index contributed by atoms with van der Waals surface area (Å²) < 4.78 is 0. The average molecular weight is 229 g/mol. The maximum atomic E-state index is 3.68. The molecule has 92 valence electrons. The van der Waals surface area contributed by atoms with E-state index in [2.05, 4.69) is 35.6 Å². The first-order valence-corrected chi connectivity index (χ1v) is 7.20. The topological polar surface area (TPSA) is 12.0 Å². The number of benzene rings is 1. The van der Waals surface area contributed by atoms with E-state index in [1.54, 1.807) is 5.56 Å². The van der Waals surface area contributed by atoms with Crippen molar-refractivity contribution in [3.63, 3.8) is 0 Å². The second-order valence-electron chi connectivity index (χ2n) is 5.81. The molecule has 2 fully saturated rings. The Bertz CT molecular complexity index is 334. The zero-order valence-electron chi connectivity index (χ0n) is 10.6. The SMILES string of the molecule is c1ccc(C2CCC(CNC3CC3)CC2)cc1. The molecule has 1 aromatic rings. The van der Waals surface area contributed by atoms with Gasteiger partial charge >= 0.3 is 0 Å². The monoisotopic (exact) mass is 229 g/mol. The van der Waals surface area contributed by atoms with E-state index in [9.17, 15) is 0 Å². The minimum Gasteiger partial charge on any atom is -0.314 e. The van der Waals surface area contributed by atoms with Crippen molar-refractivity contribution in [3.05, 3.63) is 35.9 Å². The second-order valence-corrected chi connectivity index (χ2v) is 5.81. The quantitative estimate of drug-likeness (QED) is 0.830. The van der Waals surface area contributed by atoms with Gasteiger partial charge in [-0.1, -0.05) is 30.3 Å². The highest BCUT2D eigenvalue weighted by atomic mass is 14.9. The maximum absolute atomic E-state index is 3.68. The average Bonchev–Trinajstić information content (AvgIpc) is 3.22. The van der Waals surface area contributed by atoms with Crippen LogP contribution in [0.3, 0.4) is 0 Å². The molecular formula is C16H23N. The number of rotatable bonds is 4. The van der Waals surface area contributed by atoms with Crippen molar-refractivity contribution in [1.82, 2.24) is 5.32 Å². The fraction of sp³-hybridized carbons (Fsp3) is 0.625. The van der Waals surface area contributed by atoms with E-state index in [-0.39, 0.29) is 0 Å². The molecule has 0 bridgehead atoms. The van der Waals surface area contributed by atoms with Crippen molar-refractivity contribution in [2.45, 2.75) is 50.5 Å². The molecule has 2 saturated carbocycles. The summed E-state index contributed by atoms with van der Waals surface area (Å²) in [5.41, 5.74) is 1.56. The molecule has 1 nitrogen and oxygen atoms in total. The van der Waals surface area contributed by atoms with Gasteiger partial charge in [-0.2, -0.15) is 0 Å². The van der Waals surface area contributed by atoms with Crippen molar-refractivity contribution >= 4 is 0 Å². The lowest BCUT2D eigenvalue weighted by atomic mass is 9.79. The highest BCUT2D eigenvalue weighted by Crippen LogP contribution is 2.35. The van der Waals surface area contributed by atoms with E-state index in [1.165, 1.54) is 45.1 Å². The molecule has 0 atom stereocenters. The molecule has 0 aromatic heterocycles. The molecule has 1 N–H and O–H groups in total. The second kappa shape index (κ2) is 5.22. The van der Waals surface area contributed by atoms with Gasteiger partial charge in [0.1, 0.15) is 0 Å². The highest BCUT2D eigenvalue weighted by molar-refractivity contribution is 5.19. The zero-order chi connectivity index (χ0) is 11.5. The third-order valence-electron chi connectivity index (χ3n) is 4.39. The van der Waals surface area contributed by atoms with Crippen LogP contribution in [0.25, 0.3) is 0 Å². The molecule has 0 unspecified atom stereocenters. The minimum absolute atomic E-state index is 0.827. The Hall–Kier alpha value is -0.820. The van der Waals surface area contributed by atoms with Crippen molar-refractivity contribution in [2.75, 3.05) is 6.54 Å². The third kappa shape index (κ3) is 3.10. The van der Waals surface area contributed by atoms with Gasteiger partial charge in [0.15, 0.2) is 0 Å². The predicted molar refractivity (Wildman–Crippen MR) is 72.2 cm³/mol. The summed E-state index contributed by atoms with van der Waals surface area (Å²) in [5, 5.41) is 3.68. The zero-order valence-corrected chi connectivity index (χ0v) is 10.6. The molecule has 17 heavy (non-hydrogen) atoms. The summed E-state index contributed by atoms with van der Waals surface area (Å²) in [4.78, 5) is 0. The van der Waals surface area contributed by atoms with E-state index < -0.39 is 0 Å². The summed E-state index contributed by atoms with van der Waals surface area (Å²) in [5.74, 6) is 1.77. The Morgan fingerprint density at radius 1 is 0.882 bits per heavy atom. The number of hydrogen-bond donors (Lipinski definition) is 1. The van der Waals surface area contributed by atoms with Crippen LogP contribution in [0.4, 0.5) is 0 Å². The summed E-state index contributed by atoms with van der Waals surface area (Å²) in [7, 11) is 0. The van der Waals surface area contributed by atoms with E-state index in [0.29, 0.717) is 0 Å². The minimum atomic E-state index is 0.827. The van der Waals surface area contributed by atoms with Crippen LogP contribution in [0.5, 0.6) is 0 Å². The van der Waals surface area contributed by atoms with Crippen molar-refractivity contribution in [1.29, 1.82) is 0 Å². The van der Waals surface area contributed by atoms with Gasteiger partial charge < -0.3 is 5.32 Å². The molecule has 2 aliphatic rings. The molecule has 0 aliphatic heterocycles. The Balaban J connectivity index is 1.46. The fourth-order valence-electron chi connectivity index (χ4n) is 3.05. The van der Waals surface area contributed by atoms with Crippen LogP contribution in [0.1, 0.15) is 50.0 Å².